The van der Waals surface area contributed by atoms with Crippen LogP contribution in [0.25, 0.3) is 11.0 Å². The van der Waals surface area contributed by atoms with Gasteiger partial charge >= 0.3 is 12.1 Å². The maximum absolute atomic E-state index is 13.3. The molecule has 0 radical (unpaired) electrons. The summed E-state index contributed by atoms with van der Waals surface area (Å²) in [5.74, 6) is -3.11. The lowest BCUT2D eigenvalue weighted by Gasteiger charge is -2.34. The van der Waals surface area contributed by atoms with Crippen molar-refractivity contribution in [3.63, 3.8) is 0 Å². The number of nitrogens with zero attached hydrogens (tertiary/aromatic N) is 2. The van der Waals surface area contributed by atoms with Gasteiger partial charge < -0.3 is 15.0 Å². The summed E-state index contributed by atoms with van der Waals surface area (Å²) in [4.78, 5) is 27.6. The average molecular weight is 369 g/mol. The fraction of sp³-hybridized carbons (Fsp3) is 0.471. The van der Waals surface area contributed by atoms with Crippen molar-refractivity contribution >= 4 is 22.9 Å². The number of aromatic nitrogens is 2. The molecule has 0 atom stereocenters. The van der Waals surface area contributed by atoms with Crippen LogP contribution < -0.4 is 5.32 Å². The molecule has 2 N–H and O–H groups in total. The number of carboxylic acid groups (broad SMARTS) is 1. The first kappa shape index (κ1) is 18.2. The number of imidazole rings is 1. The van der Waals surface area contributed by atoms with Gasteiger partial charge in [0, 0.05) is 0 Å². The van der Waals surface area contributed by atoms with Gasteiger partial charge in [-0.2, -0.15) is 13.2 Å². The minimum absolute atomic E-state index is 0.123. The Morgan fingerprint density at radius 3 is 2.46 bits per heavy atom. The average Bonchev–Trinajstić information content (AvgIpc) is 2.94. The number of carboxylic acids is 1. The number of carbonyl (C=O) groups is 2. The second kappa shape index (κ2) is 6.62. The number of fused-ring (bicyclic) bond motifs is 1. The van der Waals surface area contributed by atoms with Crippen molar-refractivity contribution in [1.29, 1.82) is 0 Å². The van der Waals surface area contributed by atoms with E-state index in [1.54, 1.807) is 12.1 Å². The van der Waals surface area contributed by atoms with Gasteiger partial charge in [0.2, 0.25) is 11.7 Å². The molecule has 140 valence electrons. The molecule has 3 rings (SSSR count). The molecule has 1 aromatic carbocycles. The van der Waals surface area contributed by atoms with Crippen molar-refractivity contribution in [2.45, 2.75) is 50.4 Å². The first-order chi connectivity index (χ1) is 12.2. The van der Waals surface area contributed by atoms with Crippen molar-refractivity contribution in [3.8, 4) is 0 Å². The quantitative estimate of drug-likeness (QED) is 0.868. The molecular weight excluding hydrogens is 351 g/mol. The fourth-order valence-electron chi connectivity index (χ4n) is 3.45. The number of nitrogens with one attached hydrogen (secondary N) is 1. The number of rotatable bonds is 4. The van der Waals surface area contributed by atoms with Crippen molar-refractivity contribution < 1.29 is 27.9 Å². The maximum Gasteiger partial charge on any atom is 0.449 e. The summed E-state index contributed by atoms with van der Waals surface area (Å²) < 4.78 is 40.7. The molecule has 26 heavy (non-hydrogen) atoms. The highest BCUT2D eigenvalue weighted by Crippen LogP contribution is 2.32. The number of halogens is 3. The molecule has 0 spiro atoms. The molecular formula is C17H18F3N3O3. The van der Waals surface area contributed by atoms with Gasteiger partial charge in [-0.3, -0.25) is 4.79 Å². The normalized spacial score (nSPS) is 17.2. The SMILES string of the molecule is O=C(Cn1c(C(F)(F)F)nc2ccccc21)NC1(C(=O)O)CCCCC1. The van der Waals surface area contributed by atoms with E-state index in [1.807, 2.05) is 0 Å². The van der Waals surface area contributed by atoms with Gasteiger partial charge in [-0.1, -0.05) is 31.4 Å². The van der Waals surface area contributed by atoms with E-state index < -0.39 is 36.0 Å². The van der Waals surface area contributed by atoms with Crippen LogP contribution in [0.3, 0.4) is 0 Å². The third-order valence-corrected chi connectivity index (χ3v) is 4.71. The number of hydrogen-bond acceptors (Lipinski definition) is 3. The van der Waals surface area contributed by atoms with Crippen LogP contribution in [0.15, 0.2) is 24.3 Å². The lowest BCUT2D eigenvalue weighted by Crippen LogP contribution is -2.56. The van der Waals surface area contributed by atoms with Crippen LogP contribution in [0, 0.1) is 0 Å². The third kappa shape index (κ3) is 3.38. The van der Waals surface area contributed by atoms with Crippen LogP contribution in [0.1, 0.15) is 37.9 Å². The lowest BCUT2D eigenvalue weighted by atomic mass is 9.81. The second-order valence-corrected chi connectivity index (χ2v) is 6.50. The highest BCUT2D eigenvalue weighted by Gasteiger charge is 2.42. The standard InChI is InChI=1S/C17H18F3N3O3/c18-17(19,20)14-21-11-6-2-3-7-12(11)23(14)10-13(24)22-16(15(25)26)8-4-1-5-9-16/h2-3,6-7H,1,4-5,8-10H2,(H,22,24)(H,25,26). The van der Waals surface area contributed by atoms with Crippen LogP contribution in [0.5, 0.6) is 0 Å². The van der Waals surface area contributed by atoms with E-state index >= 15 is 0 Å². The monoisotopic (exact) mass is 369 g/mol. The fourth-order valence-corrected chi connectivity index (χ4v) is 3.45. The summed E-state index contributed by atoms with van der Waals surface area (Å²) in [7, 11) is 0. The summed E-state index contributed by atoms with van der Waals surface area (Å²) in [5, 5.41) is 12.0. The highest BCUT2D eigenvalue weighted by molar-refractivity contribution is 5.88. The summed E-state index contributed by atoms with van der Waals surface area (Å²) in [5.41, 5.74) is -1.12. The van der Waals surface area contributed by atoms with Crippen molar-refractivity contribution in [2.75, 3.05) is 0 Å². The topological polar surface area (TPSA) is 84.2 Å². The van der Waals surface area contributed by atoms with E-state index in [9.17, 15) is 27.9 Å². The summed E-state index contributed by atoms with van der Waals surface area (Å²) in [6.45, 7) is -0.648. The van der Waals surface area contributed by atoms with E-state index in [-0.39, 0.29) is 23.9 Å². The van der Waals surface area contributed by atoms with Gasteiger partial charge in [0.25, 0.3) is 0 Å². The number of alkyl halides is 3. The Hall–Kier alpha value is -2.58. The summed E-state index contributed by atoms with van der Waals surface area (Å²) in [6, 6.07) is 5.98. The molecule has 1 saturated carbocycles. The number of para-hydroxylation sites is 2. The van der Waals surface area contributed by atoms with E-state index in [0.29, 0.717) is 12.8 Å². The zero-order valence-electron chi connectivity index (χ0n) is 13.8. The molecule has 0 bridgehead atoms. The molecule has 1 fully saturated rings. The molecule has 2 aromatic rings. The number of carbonyl (C=O) groups excluding carboxylic acids is 1. The Kier molecular flexibility index (Phi) is 4.64. The smallest absolute Gasteiger partial charge is 0.449 e. The number of hydrogen-bond donors (Lipinski definition) is 2. The minimum atomic E-state index is -4.73. The van der Waals surface area contributed by atoms with Crippen molar-refractivity contribution in [1.82, 2.24) is 14.9 Å². The zero-order chi connectivity index (χ0) is 18.9. The van der Waals surface area contributed by atoms with Gasteiger partial charge in [-0.15, -0.1) is 0 Å². The van der Waals surface area contributed by atoms with Gasteiger partial charge in [0.1, 0.15) is 12.1 Å². The predicted molar refractivity (Wildman–Crippen MR) is 86.3 cm³/mol. The van der Waals surface area contributed by atoms with Gasteiger partial charge in [0.15, 0.2) is 0 Å². The molecule has 1 aliphatic carbocycles. The highest BCUT2D eigenvalue weighted by atomic mass is 19.4. The first-order valence-electron chi connectivity index (χ1n) is 8.30. The van der Waals surface area contributed by atoms with E-state index in [0.717, 1.165) is 11.0 Å². The van der Waals surface area contributed by atoms with Crippen LogP contribution in [0.2, 0.25) is 0 Å². The predicted octanol–water partition coefficient (Wildman–Crippen LogP) is 2.96. The van der Waals surface area contributed by atoms with Gasteiger partial charge in [-0.05, 0) is 25.0 Å². The van der Waals surface area contributed by atoms with E-state index in [1.165, 1.54) is 12.1 Å². The Balaban J connectivity index is 1.90. The maximum atomic E-state index is 13.3. The van der Waals surface area contributed by atoms with E-state index in [2.05, 4.69) is 10.3 Å². The van der Waals surface area contributed by atoms with Crippen LogP contribution in [0.4, 0.5) is 13.2 Å². The molecule has 6 nitrogen and oxygen atoms in total. The Morgan fingerprint density at radius 1 is 1.19 bits per heavy atom. The Bertz CT molecular complexity index is 839. The zero-order valence-corrected chi connectivity index (χ0v) is 13.8. The molecule has 0 saturated heterocycles. The number of amides is 1. The number of benzene rings is 1. The van der Waals surface area contributed by atoms with Crippen molar-refractivity contribution in [2.24, 2.45) is 0 Å². The second-order valence-electron chi connectivity index (χ2n) is 6.50. The largest absolute Gasteiger partial charge is 0.480 e. The molecule has 1 aromatic heterocycles. The third-order valence-electron chi connectivity index (χ3n) is 4.71. The van der Waals surface area contributed by atoms with Gasteiger partial charge in [0.05, 0.1) is 11.0 Å². The first-order valence-corrected chi connectivity index (χ1v) is 8.30. The molecule has 9 heteroatoms. The van der Waals surface area contributed by atoms with Crippen LogP contribution in [-0.4, -0.2) is 32.1 Å². The van der Waals surface area contributed by atoms with Crippen LogP contribution in [-0.2, 0) is 22.3 Å². The Labute approximate surface area is 147 Å². The summed E-state index contributed by atoms with van der Waals surface area (Å²) >= 11 is 0. The molecule has 1 heterocycles. The molecule has 1 amide bonds. The molecule has 0 unspecified atom stereocenters. The van der Waals surface area contributed by atoms with Gasteiger partial charge in [-0.25, -0.2) is 9.78 Å². The lowest BCUT2D eigenvalue weighted by molar-refractivity contribution is -0.151. The molecule has 1 aliphatic rings. The Morgan fingerprint density at radius 2 is 1.85 bits per heavy atom. The minimum Gasteiger partial charge on any atom is -0.480 e. The molecule has 0 aliphatic heterocycles. The van der Waals surface area contributed by atoms with Crippen molar-refractivity contribution in [3.05, 3.63) is 30.1 Å². The number of aliphatic carboxylic acids is 1. The summed E-state index contributed by atoms with van der Waals surface area (Å²) in [6.07, 6.45) is -2.03. The van der Waals surface area contributed by atoms with E-state index in [4.69, 9.17) is 0 Å². The van der Waals surface area contributed by atoms with Crippen LogP contribution >= 0.6 is 0 Å².